The van der Waals surface area contributed by atoms with Gasteiger partial charge in [0.2, 0.25) is 0 Å². The summed E-state index contributed by atoms with van der Waals surface area (Å²) in [6, 6.07) is 5.75. The summed E-state index contributed by atoms with van der Waals surface area (Å²) in [5.74, 6) is 1.10. The van der Waals surface area contributed by atoms with Gasteiger partial charge < -0.3 is 20.1 Å². The van der Waals surface area contributed by atoms with E-state index in [9.17, 15) is 4.79 Å². The fraction of sp³-hybridized carbons (Fsp3) is 0.500. The summed E-state index contributed by atoms with van der Waals surface area (Å²) in [6.45, 7) is 4.45. The Morgan fingerprint density at radius 2 is 2.11 bits per heavy atom. The maximum Gasteiger partial charge on any atom is 0.258 e. The molecule has 0 unspecified atom stereocenters. The van der Waals surface area contributed by atoms with Gasteiger partial charge in [0.15, 0.2) is 18.1 Å². The molecule has 0 bridgehead atoms. The Morgan fingerprint density at radius 3 is 2.68 bits per heavy atom. The van der Waals surface area contributed by atoms with Crippen molar-refractivity contribution < 1.29 is 14.3 Å². The minimum Gasteiger partial charge on any atom is -0.493 e. The van der Waals surface area contributed by atoms with Gasteiger partial charge in [0.05, 0.1) is 7.11 Å². The van der Waals surface area contributed by atoms with Gasteiger partial charge in [-0.05, 0) is 27.0 Å². The van der Waals surface area contributed by atoms with Crippen molar-refractivity contribution in [3.63, 3.8) is 0 Å². The normalized spacial score (nSPS) is 10.4. The van der Waals surface area contributed by atoms with Crippen molar-refractivity contribution in [1.82, 2.24) is 10.6 Å². The molecule has 0 atom stereocenters. The summed E-state index contributed by atoms with van der Waals surface area (Å²) in [5, 5.41) is 5.84. The number of para-hydroxylation sites is 1. The largest absolute Gasteiger partial charge is 0.493 e. The van der Waals surface area contributed by atoms with Crippen LogP contribution in [0.5, 0.6) is 11.5 Å². The van der Waals surface area contributed by atoms with Crippen molar-refractivity contribution in [3.8, 4) is 11.5 Å². The smallest absolute Gasteiger partial charge is 0.258 e. The van der Waals surface area contributed by atoms with Crippen LogP contribution in [0.2, 0.25) is 0 Å². The molecule has 0 aromatic heterocycles. The Labute approximate surface area is 114 Å². The van der Waals surface area contributed by atoms with Gasteiger partial charge in [-0.2, -0.15) is 0 Å². The summed E-state index contributed by atoms with van der Waals surface area (Å²) in [6.07, 6.45) is 0. The first-order valence-corrected chi connectivity index (χ1v) is 6.31. The zero-order valence-electron chi connectivity index (χ0n) is 11.9. The Kier molecular flexibility index (Phi) is 6.15. The number of rotatable bonds is 7. The number of methoxy groups -OCH3 is 1. The molecule has 0 radical (unpaired) electrons. The van der Waals surface area contributed by atoms with Crippen LogP contribution in [0.3, 0.4) is 0 Å². The Balaban J connectivity index is 2.77. The molecule has 0 fully saturated rings. The second-order valence-electron chi connectivity index (χ2n) is 4.49. The SMILES string of the molecule is CNCc1cccc(OC)c1OCC(=O)NC(C)C. The molecule has 5 heteroatoms. The highest BCUT2D eigenvalue weighted by Gasteiger charge is 2.12. The molecule has 1 aromatic carbocycles. The molecular formula is C14H22N2O3. The van der Waals surface area contributed by atoms with Gasteiger partial charge in [0.25, 0.3) is 5.91 Å². The molecule has 0 aliphatic rings. The van der Waals surface area contributed by atoms with Crippen molar-refractivity contribution in [3.05, 3.63) is 23.8 Å². The van der Waals surface area contributed by atoms with Crippen LogP contribution in [0.25, 0.3) is 0 Å². The first kappa shape index (κ1) is 15.3. The quantitative estimate of drug-likeness (QED) is 0.781. The predicted octanol–water partition coefficient (Wildman–Crippen LogP) is 1.32. The van der Waals surface area contributed by atoms with E-state index < -0.39 is 0 Å². The Bertz CT molecular complexity index is 419. The van der Waals surface area contributed by atoms with E-state index in [1.54, 1.807) is 7.11 Å². The monoisotopic (exact) mass is 266 g/mol. The second kappa shape index (κ2) is 7.63. The van der Waals surface area contributed by atoms with Crippen LogP contribution >= 0.6 is 0 Å². The van der Waals surface area contributed by atoms with Crippen molar-refractivity contribution >= 4 is 5.91 Å². The standard InChI is InChI=1S/C14H22N2O3/c1-10(2)16-13(17)9-19-14-11(8-15-3)6-5-7-12(14)18-4/h5-7,10,15H,8-9H2,1-4H3,(H,16,17). The maximum absolute atomic E-state index is 11.6. The summed E-state index contributed by atoms with van der Waals surface area (Å²) in [7, 11) is 3.44. The fourth-order valence-corrected chi connectivity index (χ4v) is 1.72. The molecule has 106 valence electrons. The average molecular weight is 266 g/mol. The Hall–Kier alpha value is -1.75. The maximum atomic E-state index is 11.6. The molecular weight excluding hydrogens is 244 g/mol. The van der Waals surface area contributed by atoms with E-state index >= 15 is 0 Å². The van der Waals surface area contributed by atoms with E-state index in [0.29, 0.717) is 18.0 Å². The first-order valence-electron chi connectivity index (χ1n) is 6.31. The van der Waals surface area contributed by atoms with Crippen molar-refractivity contribution in [1.29, 1.82) is 0 Å². The molecule has 19 heavy (non-hydrogen) atoms. The lowest BCUT2D eigenvalue weighted by molar-refractivity contribution is -0.123. The van der Waals surface area contributed by atoms with E-state index in [0.717, 1.165) is 5.56 Å². The first-order chi connectivity index (χ1) is 9.08. The van der Waals surface area contributed by atoms with Crippen LogP contribution < -0.4 is 20.1 Å². The summed E-state index contributed by atoms with van der Waals surface area (Å²) >= 11 is 0. The highest BCUT2D eigenvalue weighted by molar-refractivity contribution is 5.77. The van der Waals surface area contributed by atoms with Crippen LogP contribution in [0.4, 0.5) is 0 Å². The number of ether oxygens (including phenoxy) is 2. The number of amides is 1. The number of nitrogens with one attached hydrogen (secondary N) is 2. The predicted molar refractivity (Wildman–Crippen MR) is 74.5 cm³/mol. The minimum absolute atomic E-state index is 0.0186. The number of hydrogen-bond acceptors (Lipinski definition) is 4. The van der Waals surface area contributed by atoms with Crippen molar-refractivity contribution in [2.45, 2.75) is 26.4 Å². The zero-order valence-corrected chi connectivity index (χ0v) is 11.9. The van der Waals surface area contributed by atoms with Gasteiger partial charge in [-0.3, -0.25) is 4.79 Å². The third-order valence-corrected chi connectivity index (χ3v) is 2.44. The molecule has 0 spiro atoms. The lowest BCUT2D eigenvalue weighted by Gasteiger charge is -2.15. The third-order valence-electron chi connectivity index (χ3n) is 2.44. The van der Waals surface area contributed by atoms with E-state index in [1.165, 1.54) is 0 Å². The average Bonchev–Trinajstić information content (AvgIpc) is 2.36. The van der Waals surface area contributed by atoms with E-state index in [1.807, 2.05) is 39.1 Å². The zero-order chi connectivity index (χ0) is 14.3. The highest BCUT2D eigenvalue weighted by atomic mass is 16.5. The van der Waals surface area contributed by atoms with Crippen LogP contribution in [0.1, 0.15) is 19.4 Å². The van der Waals surface area contributed by atoms with Crippen molar-refractivity contribution in [2.24, 2.45) is 0 Å². The third kappa shape index (κ3) is 4.79. The van der Waals surface area contributed by atoms with E-state index in [-0.39, 0.29) is 18.6 Å². The number of hydrogen-bond donors (Lipinski definition) is 2. The minimum atomic E-state index is -0.142. The molecule has 1 rings (SSSR count). The van der Waals surface area contributed by atoms with E-state index in [4.69, 9.17) is 9.47 Å². The molecule has 1 aromatic rings. The second-order valence-corrected chi connectivity index (χ2v) is 4.49. The molecule has 1 amide bonds. The summed E-state index contributed by atoms with van der Waals surface area (Å²) < 4.78 is 10.9. The van der Waals surface area contributed by atoms with Crippen LogP contribution in [-0.2, 0) is 11.3 Å². The highest BCUT2D eigenvalue weighted by Crippen LogP contribution is 2.30. The number of carbonyl (C=O) groups excluding carboxylic acids is 1. The van der Waals surface area contributed by atoms with Gasteiger partial charge in [-0.15, -0.1) is 0 Å². The number of benzene rings is 1. The molecule has 0 aliphatic heterocycles. The molecule has 2 N–H and O–H groups in total. The van der Waals surface area contributed by atoms with E-state index in [2.05, 4.69) is 10.6 Å². The summed E-state index contributed by atoms with van der Waals surface area (Å²) in [4.78, 5) is 11.6. The lowest BCUT2D eigenvalue weighted by Crippen LogP contribution is -2.34. The van der Waals surface area contributed by atoms with Crippen molar-refractivity contribution in [2.75, 3.05) is 20.8 Å². The van der Waals surface area contributed by atoms with Gasteiger partial charge in [-0.1, -0.05) is 12.1 Å². The van der Waals surface area contributed by atoms with Crippen LogP contribution in [0, 0.1) is 0 Å². The fourth-order valence-electron chi connectivity index (χ4n) is 1.72. The van der Waals surface area contributed by atoms with Gasteiger partial charge in [0, 0.05) is 18.2 Å². The van der Waals surface area contributed by atoms with Crippen LogP contribution in [-0.4, -0.2) is 32.7 Å². The molecule has 5 nitrogen and oxygen atoms in total. The molecule has 0 heterocycles. The Morgan fingerprint density at radius 1 is 1.37 bits per heavy atom. The van der Waals surface area contributed by atoms with Gasteiger partial charge in [0.1, 0.15) is 0 Å². The number of carbonyl (C=O) groups is 1. The molecule has 0 saturated heterocycles. The molecule has 0 saturated carbocycles. The van der Waals surface area contributed by atoms with Gasteiger partial charge >= 0.3 is 0 Å². The van der Waals surface area contributed by atoms with Gasteiger partial charge in [-0.25, -0.2) is 0 Å². The topological polar surface area (TPSA) is 59.6 Å². The summed E-state index contributed by atoms with van der Waals surface area (Å²) in [5.41, 5.74) is 0.958. The molecule has 0 aliphatic carbocycles. The van der Waals surface area contributed by atoms with Crippen LogP contribution in [0.15, 0.2) is 18.2 Å². The lowest BCUT2D eigenvalue weighted by atomic mass is 10.2.